The molecule has 0 atom stereocenters. The molecule has 248 valence electrons. The summed E-state index contributed by atoms with van der Waals surface area (Å²) in [5.41, 5.74) is 9.98. The number of rotatable bonds is 5. The average Bonchev–Trinajstić information content (AvgIpc) is 3.80. The van der Waals surface area contributed by atoms with Gasteiger partial charge in [-0.25, -0.2) is 0 Å². The number of fused-ring (bicyclic) bond motifs is 9. The number of thiophene rings is 1. The first-order valence-corrected chi connectivity index (χ1v) is 18.8. The van der Waals surface area contributed by atoms with Gasteiger partial charge in [0.15, 0.2) is 0 Å². The van der Waals surface area contributed by atoms with E-state index in [4.69, 9.17) is 4.42 Å². The van der Waals surface area contributed by atoms with Crippen LogP contribution in [-0.2, 0) is 0 Å². The molecule has 0 fully saturated rings. The number of hydrogen-bond donors (Lipinski definition) is 0. The molecule has 0 saturated heterocycles. The molecule has 11 rings (SSSR count). The Labute approximate surface area is 310 Å². The van der Waals surface area contributed by atoms with Gasteiger partial charge in [-0.3, -0.25) is 0 Å². The SMILES string of the molecule is c1ccc(-c2ccc(N(c3ccc(-c4ccc5ccc6ccccc6c5c4)cc3)c3ccc4oc5ccccc5c4c3)c3c2sc2ccccc23)cc1. The molecule has 0 bridgehead atoms. The number of nitrogens with zero attached hydrogens (tertiary/aromatic N) is 1. The first-order chi connectivity index (χ1) is 26.3. The summed E-state index contributed by atoms with van der Waals surface area (Å²) in [7, 11) is 0. The van der Waals surface area contributed by atoms with Crippen molar-refractivity contribution < 1.29 is 4.42 Å². The molecule has 2 heterocycles. The Morgan fingerprint density at radius 3 is 1.92 bits per heavy atom. The van der Waals surface area contributed by atoms with Crippen molar-refractivity contribution in [2.75, 3.05) is 4.90 Å². The molecule has 0 aliphatic rings. The van der Waals surface area contributed by atoms with E-state index in [0.29, 0.717) is 0 Å². The van der Waals surface area contributed by atoms with Gasteiger partial charge < -0.3 is 9.32 Å². The fraction of sp³-hybridized carbons (Fsp3) is 0. The van der Waals surface area contributed by atoms with Crippen LogP contribution in [0.25, 0.3) is 85.9 Å². The predicted octanol–water partition coefficient (Wildman–Crippen LogP) is 15.1. The third kappa shape index (κ3) is 4.86. The first-order valence-electron chi connectivity index (χ1n) is 18.0. The normalized spacial score (nSPS) is 11.8. The van der Waals surface area contributed by atoms with E-state index in [1.807, 2.05) is 23.5 Å². The highest BCUT2D eigenvalue weighted by atomic mass is 32.1. The van der Waals surface area contributed by atoms with Crippen LogP contribution in [0, 0.1) is 0 Å². The van der Waals surface area contributed by atoms with Crippen molar-refractivity contribution in [2.45, 2.75) is 0 Å². The second-order valence-corrected chi connectivity index (χ2v) is 14.7. The van der Waals surface area contributed by atoms with Gasteiger partial charge in [0.05, 0.1) is 5.69 Å². The summed E-state index contributed by atoms with van der Waals surface area (Å²) in [6, 6.07) is 68.1. The van der Waals surface area contributed by atoms with E-state index in [1.54, 1.807) is 0 Å². The second kappa shape index (κ2) is 11.9. The van der Waals surface area contributed by atoms with Gasteiger partial charge in [0.25, 0.3) is 0 Å². The molecule has 0 aliphatic carbocycles. The van der Waals surface area contributed by atoms with Crippen molar-refractivity contribution in [3.8, 4) is 22.3 Å². The van der Waals surface area contributed by atoms with Gasteiger partial charge in [-0.05, 0) is 98.4 Å². The Kier molecular flexibility index (Phi) is 6.76. The van der Waals surface area contributed by atoms with Crippen LogP contribution >= 0.6 is 11.3 Å². The summed E-state index contributed by atoms with van der Waals surface area (Å²) in [6.45, 7) is 0. The highest BCUT2D eigenvalue weighted by Crippen LogP contribution is 2.49. The fourth-order valence-electron chi connectivity index (χ4n) is 8.11. The molecule has 9 aromatic carbocycles. The third-order valence-corrected chi connectivity index (χ3v) is 11.9. The lowest BCUT2D eigenvalue weighted by Crippen LogP contribution is -2.10. The van der Waals surface area contributed by atoms with E-state index < -0.39 is 0 Å². The zero-order valence-electron chi connectivity index (χ0n) is 28.7. The first kappa shape index (κ1) is 30.0. The van der Waals surface area contributed by atoms with Crippen LogP contribution < -0.4 is 4.90 Å². The number of para-hydroxylation sites is 1. The van der Waals surface area contributed by atoms with Gasteiger partial charge in [0.2, 0.25) is 0 Å². The predicted molar refractivity (Wildman–Crippen MR) is 227 cm³/mol. The maximum absolute atomic E-state index is 6.28. The van der Waals surface area contributed by atoms with E-state index >= 15 is 0 Å². The molecule has 0 unspecified atom stereocenters. The fourth-order valence-corrected chi connectivity index (χ4v) is 9.37. The van der Waals surface area contributed by atoms with Gasteiger partial charge in [-0.15, -0.1) is 11.3 Å². The van der Waals surface area contributed by atoms with Gasteiger partial charge >= 0.3 is 0 Å². The Morgan fingerprint density at radius 2 is 1.06 bits per heavy atom. The molecule has 3 heteroatoms. The molecule has 2 aromatic heterocycles. The van der Waals surface area contributed by atoms with Crippen molar-refractivity contribution >= 4 is 92.1 Å². The Morgan fingerprint density at radius 1 is 0.396 bits per heavy atom. The van der Waals surface area contributed by atoms with Crippen molar-refractivity contribution in [3.05, 3.63) is 188 Å². The summed E-state index contributed by atoms with van der Waals surface area (Å²) >= 11 is 1.87. The maximum Gasteiger partial charge on any atom is 0.135 e. The maximum atomic E-state index is 6.28. The summed E-state index contributed by atoms with van der Waals surface area (Å²) in [6.07, 6.45) is 0. The van der Waals surface area contributed by atoms with Crippen molar-refractivity contribution in [2.24, 2.45) is 0 Å². The standard InChI is InChI=1S/C50H31NOS/c1-2-10-33(11-3-1)40-27-28-45(49-42-15-7-9-17-48(42)53-50(40)49)51(38-26-29-47-44(31-38)41-14-6-8-16-46(41)52-47)37-24-22-32(23-25-37)36-21-20-35-19-18-34-12-4-5-13-39(34)43(35)30-36/h1-31H. The van der Waals surface area contributed by atoms with Crippen molar-refractivity contribution in [1.82, 2.24) is 0 Å². The summed E-state index contributed by atoms with van der Waals surface area (Å²) in [4.78, 5) is 2.43. The molecule has 0 aliphatic heterocycles. The number of hydrogen-bond acceptors (Lipinski definition) is 3. The van der Waals surface area contributed by atoms with Crippen LogP contribution in [0.3, 0.4) is 0 Å². The number of furan rings is 1. The van der Waals surface area contributed by atoms with Gasteiger partial charge in [0, 0.05) is 42.3 Å². The molecule has 53 heavy (non-hydrogen) atoms. The van der Waals surface area contributed by atoms with Gasteiger partial charge in [-0.2, -0.15) is 0 Å². The molecule has 0 saturated carbocycles. The zero-order chi connectivity index (χ0) is 34.9. The lowest BCUT2D eigenvalue weighted by atomic mass is 9.97. The van der Waals surface area contributed by atoms with E-state index in [1.165, 1.54) is 64.0 Å². The minimum absolute atomic E-state index is 0.889. The van der Waals surface area contributed by atoms with Crippen LogP contribution in [0.1, 0.15) is 0 Å². The van der Waals surface area contributed by atoms with Crippen molar-refractivity contribution in [3.63, 3.8) is 0 Å². The highest BCUT2D eigenvalue weighted by Gasteiger charge is 2.22. The Hall–Kier alpha value is -6.68. The summed E-state index contributed by atoms with van der Waals surface area (Å²) in [5.74, 6) is 0. The number of benzene rings is 9. The smallest absolute Gasteiger partial charge is 0.135 e. The molecular formula is C50H31NOS. The zero-order valence-corrected chi connectivity index (χ0v) is 29.5. The van der Waals surface area contributed by atoms with Crippen molar-refractivity contribution in [1.29, 1.82) is 0 Å². The average molecular weight is 694 g/mol. The number of anilines is 3. The lowest BCUT2D eigenvalue weighted by Gasteiger charge is -2.27. The molecule has 0 amide bonds. The van der Waals surface area contributed by atoms with E-state index in [-0.39, 0.29) is 0 Å². The van der Waals surface area contributed by atoms with Crippen LogP contribution in [0.15, 0.2) is 192 Å². The highest BCUT2D eigenvalue weighted by molar-refractivity contribution is 7.26. The molecule has 2 nitrogen and oxygen atoms in total. The topological polar surface area (TPSA) is 16.4 Å². The summed E-state index contributed by atoms with van der Waals surface area (Å²) in [5, 5.41) is 9.82. The molecule has 0 spiro atoms. The monoisotopic (exact) mass is 693 g/mol. The van der Waals surface area contributed by atoms with Crippen LogP contribution in [0.4, 0.5) is 17.1 Å². The minimum atomic E-state index is 0.889. The van der Waals surface area contributed by atoms with Gasteiger partial charge in [-0.1, -0.05) is 133 Å². The minimum Gasteiger partial charge on any atom is -0.456 e. The molecular weight excluding hydrogens is 663 g/mol. The largest absolute Gasteiger partial charge is 0.456 e. The Bertz CT molecular complexity index is 3170. The van der Waals surface area contributed by atoms with Crippen LogP contribution in [0.5, 0.6) is 0 Å². The quantitative estimate of drug-likeness (QED) is 0.167. The van der Waals surface area contributed by atoms with Crippen LogP contribution in [-0.4, -0.2) is 0 Å². The summed E-state index contributed by atoms with van der Waals surface area (Å²) < 4.78 is 8.85. The van der Waals surface area contributed by atoms with Gasteiger partial charge in [0.1, 0.15) is 11.2 Å². The van der Waals surface area contributed by atoms with E-state index in [0.717, 1.165) is 39.0 Å². The van der Waals surface area contributed by atoms with E-state index in [9.17, 15) is 0 Å². The third-order valence-electron chi connectivity index (χ3n) is 10.7. The lowest BCUT2D eigenvalue weighted by molar-refractivity contribution is 0.669. The van der Waals surface area contributed by atoms with Crippen LogP contribution in [0.2, 0.25) is 0 Å². The molecule has 0 N–H and O–H groups in total. The Balaban J connectivity index is 1.13. The second-order valence-electron chi connectivity index (χ2n) is 13.7. The van der Waals surface area contributed by atoms with E-state index in [2.05, 4.69) is 181 Å². The molecule has 0 radical (unpaired) electrons. The molecule has 11 aromatic rings.